The van der Waals surface area contributed by atoms with Gasteiger partial charge in [0.15, 0.2) is 0 Å². The molecule has 0 aromatic heterocycles. The minimum Gasteiger partial charge on any atom is -0.0800 e. The van der Waals surface area contributed by atoms with Crippen LogP contribution in [0.1, 0.15) is 30.9 Å². The summed E-state index contributed by atoms with van der Waals surface area (Å²) in [7, 11) is -1.60. The molecule has 0 saturated carbocycles. The van der Waals surface area contributed by atoms with Crippen LogP contribution in [-0.2, 0) is 0 Å². The Hall–Kier alpha value is -1.38. The van der Waals surface area contributed by atoms with E-state index in [2.05, 4.69) is 97.5 Å². The van der Waals surface area contributed by atoms with Crippen LogP contribution in [0.25, 0.3) is 6.08 Å². The molecule has 4 rings (SSSR count). The molecule has 24 heavy (non-hydrogen) atoms. The first-order valence-corrected chi connectivity index (χ1v) is 12.6. The molecule has 0 fully saturated rings. The van der Waals surface area contributed by atoms with Gasteiger partial charge in [0, 0.05) is 10.4 Å². The third kappa shape index (κ3) is 2.31. The Morgan fingerprint density at radius 2 is 1.75 bits per heavy atom. The van der Waals surface area contributed by atoms with E-state index in [0.29, 0.717) is 11.5 Å². The third-order valence-corrected chi connectivity index (χ3v) is 10.4. The van der Waals surface area contributed by atoms with Crippen molar-refractivity contribution in [1.29, 1.82) is 0 Å². The molecule has 122 valence electrons. The molecule has 0 nitrogen and oxygen atoms in total. The molecule has 0 heterocycles. The van der Waals surface area contributed by atoms with E-state index in [9.17, 15) is 0 Å². The van der Waals surface area contributed by atoms with Gasteiger partial charge < -0.3 is 0 Å². The number of rotatable bonds is 2. The number of hydrogen-bond acceptors (Lipinski definition) is 0. The van der Waals surface area contributed by atoms with Crippen molar-refractivity contribution in [3.8, 4) is 0 Å². The lowest BCUT2D eigenvalue weighted by Crippen LogP contribution is -2.35. The number of benzene rings is 1. The number of fused-ring (bicyclic) bond motifs is 2. The Kier molecular flexibility index (Phi) is 3.74. The van der Waals surface area contributed by atoms with E-state index in [0.717, 1.165) is 4.47 Å². The van der Waals surface area contributed by atoms with Crippen LogP contribution in [0.5, 0.6) is 0 Å². The molecule has 0 radical (unpaired) electrons. The molecule has 0 spiro atoms. The number of hydrogen-bond donors (Lipinski definition) is 0. The molecule has 0 amide bonds. The van der Waals surface area contributed by atoms with E-state index < -0.39 is 8.07 Å². The van der Waals surface area contributed by atoms with E-state index in [1.165, 1.54) is 27.8 Å². The van der Waals surface area contributed by atoms with Crippen LogP contribution in [0.4, 0.5) is 0 Å². The van der Waals surface area contributed by atoms with Crippen molar-refractivity contribution >= 4 is 30.1 Å². The number of halogens is 1. The van der Waals surface area contributed by atoms with E-state index in [4.69, 9.17) is 0 Å². The molecule has 0 saturated heterocycles. The summed E-state index contributed by atoms with van der Waals surface area (Å²) in [5, 5.41) is 1.65. The Balaban J connectivity index is 1.86. The van der Waals surface area contributed by atoms with Crippen LogP contribution >= 0.6 is 15.9 Å². The van der Waals surface area contributed by atoms with Gasteiger partial charge in [-0.25, -0.2) is 0 Å². The largest absolute Gasteiger partial charge is 0.0923 e. The fourth-order valence-corrected chi connectivity index (χ4v) is 8.47. The summed E-state index contributed by atoms with van der Waals surface area (Å²) < 4.78 is 1.16. The lowest BCUT2D eigenvalue weighted by Gasteiger charge is -2.34. The summed E-state index contributed by atoms with van der Waals surface area (Å²) in [6.45, 7) is 9.71. The minimum absolute atomic E-state index is 0.472. The van der Waals surface area contributed by atoms with Crippen molar-refractivity contribution in [2.45, 2.75) is 38.4 Å². The highest BCUT2D eigenvalue weighted by Gasteiger charge is 2.41. The van der Waals surface area contributed by atoms with E-state index in [1.807, 2.05) is 0 Å². The fraction of sp³-hybridized carbons (Fsp3) is 0.273. The summed E-state index contributed by atoms with van der Waals surface area (Å²) in [5.74, 6) is 0.472. The second-order valence-electron chi connectivity index (χ2n) is 7.73. The predicted octanol–water partition coefficient (Wildman–Crippen LogP) is 6.95. The molecule has 3 aliphatic rings. The van der Waals surface area contributed by atoms with Gasteiger partial charge in [-0.15, -0.1) is 0 Å². The summed E-state index contributed by atoms with van der Waals surface area (Å²) >= 11 is 3.64. The van der Waals surface area contributed by atoms with Gasteiger partial charge in [-0.3, -0.25) is 0 Å². The third-order valence-electron chi connectivity index (χ3n) is 5.85. The standard InChI is InChI=1S/C22H23BrSi/c1-14-11-20-15(2)19-10-9-17(23)12-16(19)13-21(20)22(14)24(3,4)18-7-5-6-8-18/h5-13,15,18H,1-4H3. The molecule has 0 N–H and O–H groups in total. The molecule has 2 heteroatoms. The van der Waals surface area contributed by atoms with Gasteiger partial charge in [0.25, 0.3) is 0 Å². The summed E-state index contributed by atoms with van der Waals surface area (Å²) in [6.07, 6.45) is 14.1. The lowest BCUT2D eigenvalue weighted by atomic mass is 9.81. The maximum atomic E-state index is 3.64. The highest BCUT2D eigenvalue weighted by molar-refractivity contribution is 9.10. The van der Waals surface area contributed by atoms with Crippen molar-refractivity contribution in [2.75, 3.05) is 0 Å². The van der Waals surface area contributed by atoms with Crippen molar-refractivity contribution in [3.05, 3.63) is 86.1 Å². The fourth-order valence-electron chi connectivity index (χ4n) is 4.58. The van der Waals surface area contributed by atoms with Crippen molar-refractivity contribution < 1.29 is 0 Å². The molecular weight excluding hydrogens is 372 g/mol. The molecule has 0 bridgehead atoms. The van der Waals surface area contributed by atoms with Gasteiger partial charge in [-0.1, -0.05) is 78.0 Å². The van der Waals surface area contributed by atoms with Crippen molar-refractivity contribution in [2.24, 2.45) is 0 Å². The maximum Gasteiger partial charge on any atom is 0.0923 e. The predicted molar refractivity (Wildman–Crippen MR) is 111 cm³/mol. The Bertz CT molecular complexity index is 865. The SMILES string of the molecule is CC1=C([Si](C)(C)C2C=CC=C2)C2=Cc3cc(Br)ccc3C(C)C2=C1. The summed E-state index contributed by atoms with van der Waals surface area (Å²) in [4.78, 5) is 0. The first-order valence-electron chi connectivity index (χ1n) is 8.69. The number of allylic oxidation sites excluding steroid dienone is 9. The van der Waals surface area contributed by atoms with Gasteiger partial charge in [0.05, 0.1) is 8.07 Å². The van der Waals surface area contributed by atoms with Gasteiger partial charge in [0.1, 0.15) is 0 Å². The van der Waals surface area contributed by atoms with Crippen LogP contribution in [0.2, 0.25) is 18.6 Å². The van der Waals surface area contributed by atoms with Gasteiger partial charge in [0.2, 0.25) is 0 Å². The average molecular weight is 395 g/mol. The van der Waals surface area contributed by atoms with Crippen LogP contribution in [0.15, 0.2) is 75.0 Å². The highest BCUT2D eigenvalue weighted by Crippen LogP contribution is 2.50. The minimum atomic E-state index is -1.60. The lowest BCUT2D eigenvalue weighted by molar-refractivity contribution is 0.900. The topological polar surface area (TPSA) is 0 Å². The normalized spacial score (nSPS) is 22.6. The van der Waals surface area contributed by atoms with Crippen molar-refractivity contribution in [1.82, 2.24) is 0 Å². The maximum absolute atomic E-state index is 3.64. The zero-order valence-electron chi connectivity index (χ0n) is 14.7. The zero-order chi connectivity index (χ0) is 17.1. The molecule has 1 aromatic rings. The van der Waals surface area contributed by atoms with Crippen molar-refractivity contribution in [3.63, 3.8) is 0 Å². The highest BCUT2D eigenvalue weighted by atomic mass is 79.9. The smallest absolute Gasteiger partial charge is 0.0800 e. The van der Waals surface area contributed by atoms with Crippen LogP contribution < -0.4 is 0 Å². The Labute approximate surface area is 154 Å². The second-order valence-corrected chi connectivity index (χ2v) is 13.3. The first kappa shape index (κ1) is 16.1. The van der Waals surface area contributed by atoms with Crippen LogP contribution in [0.3, 0.4) is 0 Å². The second kappa shape index (κ2) is 5.57. The summed E-state index contributed by atoms with van der Waals surface area (Å²) in [5.41, 5.74) is 7.94. The van der Waals surface area contributed by atoms with Crippen LogP contribution in [0, 0.1) is 0 Å². The van der Waals surface area contributed by atoms with Crippen LogP contribution in [-0.4, -0.2) is 8.07 Å². The van der Waals surface area contributed by atoms with E-state index in [-0.39, 0.29) is 0 Å². The zero-order valence-corrected chi connectivity index (χ0v) is 17.3. The molecule has 3 aliphatic carbocycles. The molecule has 1 aromatic carbocycles. The molecule has 0 aliphatic heterocycles. The van der Waals surface area contributed by atoms with Gasteiger partial charge in [-0.05, 0) is 58.1 Å². The molecular formula is C22H23BrSi. The Morgan fingerprint density at radius 1 is 1.04 bits per heavy atom. The van der Waals surface area contributed by atoms with Gasteiger partial charge >= 0.3 is 0 Å². The van der Waals surface area contributed by atoms with Gasteiger partial charge in [-0.2, -0.15) is 0 Å². The van der Waals surface area contributed by atoms with E-state index >= 15 is 0 Å². The monoisotopic (exact) mass is 394 g/mol. The molecule has 1 unspecified atom stereocenters. The van der Waals surface area contributed by atoms with E-state index in [1.54, 1.807) is 5.20 Å². The Morgan fingerprint density at radius 3 is 2.46 bits per heavy atom. The average Bonchev–Trinajstić information content (AvgIpc) is 3.15. The first-order chi connectivity index (χ1) is 11.4. The quantitative estimate of drug-likeness (QED) is 0.475. The summed E-state index contributed by atoms with van der Waals surface area (Å²) in [6, 6.07) is 6.71. The molecule has 1 atom stereocenters.